The van der Waals surface area contributed by atoms with Gasteiger partial charge in [-0.1, -0.05) is 30.3 Å². The molecule has 2 aromatic rings. The van der Waals surface area contributed by atoms with Crippen molar-refractivity contribution < 1.29 is 18.3 Å². The van der Waals surface area contributed by atoms with E-state index in [0.717, 1.165) is 17.8 Å². The standard InChI is InChI=1S/C14H12F3NOS/c15-14(16,17)11-6-7-13(18-8-11)20-9-12(19)10-4-2-1-3-5-10/h1-8,12,19H,9H2. The molecule has 0 aliphatic rings. The van der Waals surface area contributed by atoms with E-state index in [1.807, 2.05) is 18.2 Å². The first-order valence-corrected chi connectivity index (χ1v) is 6.84. The Labute approximate surface area is 118 Å². The van der Waals surface area contributed by atoms with Gasteiger partial charge >= 0.3 is 6.18 Å². The predicted octanol–water partition coefficient (Wildman–Crippen LogP) is 3.93. The molecule has 1 atom stereocenters. The maximum Gasteiger partial charge on any atom is 0.417 e. The molecule has 0 saturated heterocycles. The van der Waals surface area contributed by atoms with E-state index in [9.17, 15) is 18.3 Å². The van der Waals surface area contributed by atoms with Crippen LogP contribution >= 0.6 is 11.8 Å². The summed E-state index contributed by atoms with van der Waals surface area (Å²) in [5, 5.41) is 10.4. The predicted molar refractivity (Wildman–Crippen MR) is 71.4 cm³/mol. The number of hydrogen-bond acceptors (Lipinski definition) is 3. The minimum Gasteiger partial charge on any atom is -0.388 e. The number of thioether (sulfide) groups is 1. The van der Waals surface area contributed by atoms with Crippen LogP contribution in [0.25, 0.3) is 0 Å². The summed E-state index contributed by atoms with van der Waals surface area (Å²) in [5.74, 6) is 0.336. The summed E-state index contributed by atoms with van der Waals surface area (Å²) in [7, 11) is 0. The minimum absolute atomic E-state index is 0.336. The van der Waals surface area contributed by atoms with Crippen LogP contribution in [0, 0.1) is 0 Å². The van der Waals surface area contributed by atoms with Crippen molar-refractivity contribution in [1.82, 2.24) is 4.98 Å². The fourth-order valence-corrected chi connectivity index (χ4v) is 2.38. The Balaban J connectivity index is 1.94. The first-order chi connectivity index (χ1) is 9.47. The lowest BCUT2D eigenvalue weighted by Gasteiger charge is -2.10. The average Bonchev–Trinajstić information content (AvgIpc) is 2.45. The van der Waals surface area contributed by atoms with Crippen molar-refractivity contribution in [2.24, 2.45) is 0 Å². The molecule has 0 radical (unpaired) electrons. The highest BCUT2D eigenvalue weighted by molar-refractivity contribution is 7.99. The third-order valence-electron chi connectivity index (χ3n) is 2.64. The molecular weight excluding hydrogens is 287 g/mol. The highest BCUT2D eigenvalue weighted by atomic mass is 32.2. The zero-order chi connectivity index (χ0) is 14.6. The topological polar surface area (TPSA) is 33.1 Å². The molecule has 0 saturated carbocycles. The normalized spacial score (nSPS) is 13.2. The van der Waals surface area contributed by atoms with Gasteiger partial charge in [0.1, 0.15) is 0 Å². The van der Waals surface area contributed by atoms with Gasteiger partial charge in [-0.25, -0.2) is 4.98 Å². The van der Waals surface area contributed by atoms with Crippen molar-refractivity contribution in [1.29, 1.82) is 0 Å². The van der Waals surface area contributed by atoms with Gasteiger partial charge in [-0.15, -0.1) is 11.8 Å². The number of halogens is 3. The Bertz CT molecular complexity index is 543. The molecule has 0 aliphatic heterocycles. The van der Waals surface area contributed by atoms with E-state index in [-0.39, 0.29) is 0 Å². The third kappa shape index (κ3) is 3.98. The van der Waals surface area contributed by atoms with Gasteiger partial charge in [-0.05, 0) is 17.7 Å². The average molecular weight is 299 g/mol. The summed E-state index contributed by atoms with van der Waals surface area (Å²) in [6.07, 6.45) is -4.25. The second-order valence-corrected chi connectivity index (χ2v) is 5.16. The summed E-state index contributed by atoms with van der Waals surface area (Å²) < 4.78 is 37.1. The summed E-state index contributed by atoms with van der Waals surface area (Å²) in [5.41, 5.74) is -0.00244. The Kier molecular flexibility index (Phi) is 4.67. The van der Waals surface area contributed by atoms with E-state index in [1.54, 1.807) is 12.1 Å². The van der Waals surface area contributed by atoms with Gasteiger partial charge in [0.2, 0.25) is 0 Å². The van der Waals surface area contributed by atoms with Gasteiger partial charge in [0.15, 0.2) is 0 Å². The van der Waals surface area contributed by atoms with Crippen molar-refractivity contribution in [2.75, 3.05) is 5.75 Å². The minimum atomic E-state index is -4.38. The Hall–Kier alpha value is -1.53. The van der Waals surface area contributed by atoms with E-state index >= 15 is 0 Å². The zero-order valence-corrected chi connectivity index (χ0v) is 11.2. The lowest BCUT2D eigenvalue weighted by atomic mass is 10.1. The maximum atomic E-state index is 12.4. The molecule has 2 rings (SSSR count). The van der Waals surface area contributed by atoms with Gasteiger partial charge in [-0.3, -0.25) is 0 Å². The largest absolute Gasteiger partial charge is 0.417 e. The summed E-state index contributed by atoms with van der Waals surface area (Å²) in [6.45, 7) is 0. The Morgan fingerprint density at radius 3 is 2.35 bits per heavy atom. The van der Waals surface area contributed by atoms with Crippen LogP contribution in [0.15, 0.2) is 53.7 Å². The van der Waals surface area contributed by atoms with Crippen LogP contribution in [0.4, 0.5) is 13.2 Å². The first kappa shape index (κ1) is 14.9. The molecule has 1 aromatic carbocycles. The SMILES string of the molecule is OC(CSc1ccc(C(F)(F)F)cn1)c1ccccc1. The van der Waals surface area contributed by atoms with Crippen molar-refractivity contribution in [2.45, 2.75) is 17.3 Å². The van der Waals surface area contributed by atoms with E-state index in [2.05, 4.69) is 4.98 Å². The van der Waals surface area contributed by atoms with Crippen LogP contribution in [-0.4, -0.2) is 15.8 Å². The van der Waals surface area contributed by atoms with Crippen LogP contribution in [0.5, 0.6) is 0 Å². The quantitative estimate of drug-likeness (QED) is 0.868. The van der Waals surface area contributed by atoms with Crippen LogP contribution in [0.1, 0.15) is 17.2 Å². The van der Waals surface area contributed by atoms with Crippen LogP contribution in [0.2, 0.25) is 0 Å². The summed E-state index contributed by atoms with van der Waals surface area (Å²) in [4.78, 5) is 3.74. The molecule has 0 spiro atoms. The molecule has 1 unspecified atom stereocenters. The van der Waals surface area contributed by atoms with Gasteiger partial charge in [0.05, 0.1) is 16.7 Å². The number of hydrogen-bond donors (Lipinski definition) is 1. The van der Waals surface area contributed by atoms with Crippen molar-refractivity contribution >= 4 is 11.8 Å². The van der Waals surface area contributed by atoms with Gasteiger partial charge < -0.3 is 5.11 Å². The van der Waals surface area contributed by atoms with Crippen LogP contribution in [-0.2, 0) is 6.18 Å². The summed E-state index contributed by atoms with van der Waals surface area (Å²) >= 11 is 1.21. The highest BCUT2D eigenvalue weighted by Gasteiger charge is 2.30. The van der Waals surface area contributed by atoms with Crippen LogP contribution < -0.4 is 0 Å². The molecule has 1 aromatic heterocycles. The lowest BCUT2D eigenvalue weighted by Crippen LogP contribution is -2.05. The number of aliphatic hydroxyl groups excluding tert-OH is 1. The highest BCUT2D eigenvalue weighted by Crippen LogP contribution is 2.30. The molecule has 2 nitrogen and oxygen atoms in total. The molecule has 106 valence electrons. The number of benzene rings is 1. The molecule has 6 heteroatoms. The van der Waals surface area contributed by atoms with Crippen molar-refractivity contribution in [3.05, 3.63) is 59.8 Å². The number of rotatable bonds is 4. The third-order valence-corrected chi connectivity index (χ3v) is 3.66. The lowest BCUT2D eigenvalue weighted by molar-refractivity contribution is -0.137. The van der Waals surface area contributed by atoms with Crippen molar-refractivity contribution in [3.63, 3.8) is 0 Å². The molecule has 1 heterocycles. The fourth-order valence-electron chi connectivity index (χ4n) is 1.57. The van der Waals surface area contributed by atoms with E-state index in [4.69, 9.17) is 0 Å². The molecule has 0 fully saturated rings. The Morgan fingerprint density at radius 1 is 1.10 bits per heavy atom. The molecule has 1 N–H and O–H groups in total. The maximum absolute atomic E-state index is 12.4. The van der Waals surface area contributed by atoms with E-state index in [1.165, 1.54) is 17.8 Å². The number of pyridine rings is 1. The number of nitrogens with zero attached hydrogens (tertiary/aromatic N) is 1. The number of alkyl halides is 3. The Morgan fingerprint density at radius 2 is 1.80 bits per heavy atom. The van der Waals surface area contributed by atoms with E-state index < -0.39 is 17.8 Å². The molecule has 0 aliphatic carbocycles. The van der Waals surface area contributed by atoms with Gasteiger partial charge in [0, 0.05) is 11.9 Å². The fraction of sp³-hybridized carbons (Fsp3) is 0.214. The second-order valence-electron chi connectivity index (χ2n) is 4.12. The van der Waals surface area contributed by atoms with E-state index in [0.29, 0.717) is 10.8 Å². The number of aliphatic hydroxyl groups is 1. The van der Waals surface area contributed by atoms with Crippen LogP contribution in [0.3, 0.4) is 0 Å². The zero-order valence-electron chi connectivity index (χ0n) is 10.3. The second kappa shape index (κ2) is 6.28. The molecule has 0 bridgehead atoms. The van der Waals surface area contributed by atoms with Gasteiger partial charge in [-0.2, -0.15) is 13.2 Å². The number of aromatic nitrogens is 1. The molecule has 0 amide bonds. The van der Waals surface area contributed by atoms with Gasteiger partial charge in [0.25, 0.3) is 0 Å². The first-order valence-electron chi connectivity index (χ1n) is 5.86. The van der Waals surface area contributed by atoms with Crippen molar-refractivity contribution in [3.8, 4) is 0 Å². The smallest absolute Gasteiger partial charge is 0.388 e. The molecular formula is C14H12F3NOS. The molecule has 20 heavy (non-hydrogen) atoms. The monoisotopic (exact) mass is 299 g/mol. The summed E-state index contributed by atoms with van der Waals surface area (Å²) in [6, 6.07) is 11.4.